The van der Waals surface area contributed by atoms with Crippen LogP contribution in [0.4, 0.5) is 0 Å². The number of para-hydroxylation sites is 1. The minimum atomic E-state index is -0.119. The molecule has 5 heteroatoms. The molecule has 0 radical (unpaired) electrons. The van der Waals surface area contributed by atoms with Crippen LogP contribution in [-0.2, 0) is 5.41 Å². The van der Waals surface area contributed by atoms with Crippen LogP contribution in [0.15, 0.2) is 266 Å². The molecule has 83 heavy (non-hydrogen) atoms. The molecular formula is C78H57N5. The van der Waals surface area contributed by atoms with Gasteiger partial charge in [0.2, 0.25) is 0 Å². The van der Waals surface area contributed by atoms with Crippen molar-refractivity contribution in [2.75, 3.05) is 0 Å². The summed E-state index contributed by atoms with van der Waals surface area (Å²) in [4.78, 5) is 16.7. The van der Waals surface area contributed by atoms with E-state index in [9.17, 15) is 0 Å². The molecule has 0 fully saturated rings. The minimum absolute atomic E-state index is 0.119. The lowest BCUT2D eigenvalue weighted by Crippen LogP contribution is -2.17. The van der Waals surface area contributed by atoms with Crippen LogP contribution in [0.3, 0.4) is 0 Å². The molecule has 0 aliphatic heterocycles. The first kappa shape index (κ1) is 48.7. The van der Waals surface area contributed by atoms with Gasteiger partial charge >= 0.3 is 0 Å². The Hall–Kier alpha value is -10.2. The van der Waals surface area contributed by atoms with Crippen LogP contribution < -0.4 is 0 Å². The molecule has 394 valence electrons. The molecule has 0 atom stereocenters. The summed E-state index contributed by atoms with van der Waals surface area (Å²) < 4.78 is 4.95. The summed E-state index contributed by atoms with van der Waals surface area (Å²) in [6.07, 6.45) is 15.8. The van der Waals surface area contributed by atoms with Crippen molar-refractivity contribution in [2.24, 2.45) is 0 Å². The fraction of sp³-hybridized carbons (Fsp3) is 0.0897. The van der Waals surface area contributed by atoms with Gasteiger partial charge in [-0.05, 0) is 129 Å². The molecule has 16 rings (SSSR count). The Kier molecular flexibility index (Phi) is 11.4. The molecule has 3 heterocycles. The number of allylic oxidation sites excluding steroid dienone is 8. The largest absolute Gasteiger partial charge is 0.310 e. The first-order valence-electron chi connectivity index (χ1n) is 29.1. The number of hydrogen-bond donors (Lipinski definition) is 0. The third-order valence-electron chi connectivity index (χ3n) is 17.8. The van der Waals surface area contributed by atoms with Gasteiger partial charge in [0, 0.05) is 49.3 Å². The highest BCUT2D eigenvalue weighted by molar-refractivity contribution is 6.23. The van der Waals surface area contributed by atoms with Crippen molar-refractivity contribution in [3.05, 3.63) is 278 Å². The highest BCUT2D eigenvalue weighted by Crippen LogP contribution is 2.53. The van der Waals surface area contributed by atoms with Gasteiger partial charge in [-0.15, -0.1) is 0 Å². The van der Waals surface area contributed by atoms with Crippen molar-refractivity contribution in [3.8, 4) is 84.4 Å². The fourth-order valence-electron chi connectivity index (χ4n) is 13.8. The van der Waals surface area contributed by atoms with Gasteiger partial charge in [0.05, 0.1) is 27.8 Å². The summed E-state index contributed by atoms with van der Waals surface area (Å²) in [7, 11) is 0. The van der Waals surface area contributed by atoms with Crippen molar-refractivity contribution in [1.82, 2.24) is 24.1 Å². The number of rotatable bonds is 9. The van der Waals surface area contributed by atoms with E-state index in [0.29, 0.717) is 17.5 Å². The van der Waals surface area contributed by atoms with E-state index in [0.717, 1.165) is 81.3 Å². The normalized spacial score (nSPS) is 14.5. The molecule has 0 N–H and O–H groups in total. The highest BCUT2D eigenvalue weighted by Gasteiger charge is 2.39. The maximum Gasteiger partial charge on any atom is 0.166 e. The maximum absolute atomic E-state index is 5.66. The Morgan fingerprint density at radius 1 is 0.373 bits per heavy atom. The second-order valence-corrected chi connectivity index (χ2v) is 22.8. The van der Waals surface area contributed by atoms with Crippen molar-refractivity contribution < 1.29 is 0 Å². The molecule has 0 amide bonds. The van der Waals surface area contributed by atoms with Gasteiger partial charge in [0.15, 0.2) is 17.5 Å². The zero-order chi connectivity index (χ0) is 55.2. The first-order valence-corrected chi connectivity index (χ1v) is 29.1. The topological polar surface area (TPSA) is 48.5 Å². The summed E-state index contributed by atoms with van der Waals surface area (Å²) in [5.74, 6) is 1.89. The van der Waals surface area contributed by atoms with Gasteiger partial charge in [-0.3, -0.25) is 0 Å². The summed E-state index contributed by atoms with van der Waals surface area (Å²) >= 11 is 0. The molecular weight excluding hydrogens is 1010 g/mol. The van der Waals surface area contributed by atoms with E-state index in [1.54, 1.807) is 0 Å². The molecule has 0 bridgehead atoms. The number of aromatic nitrogens is 5. The summed E-state index contributed by atoms with van der Waals surface area (Å²) in [5, 5.41) is 4.82. The molecule has 0 saturated carbocycles. The molecule has 3 aromatic heterocycles. The quantitative estimate of drug-likeness (QED) is 0.145. The van der Waals surface area contributed by atoms with Gasteiger partial charge in [-0.2, -0.15) is 0 Å². The Bertz CT molecular complexity index is 4900. The van der Waals surface area contributed by atoms with E-state index in [1.807, 2.05) is 0 Å². The SMILES string of the molecule is CC1(C)C2=C(C=CCC2)c2c(-c3nc(-c4ccc(-c5ccccc5)cc4)nc(-c4ccc(-c5ccccc5)cc4-n4c5ccccc5c5c(-c6cccc7c6c6ccc(-c8ccccc8)cc6n7C6=CCCC=C6)cccc54)n3)cccc21. The number of fused-ring (bicyclic) bond motifs is 8. The Labute approximate surface area is 483 Å². The van der Waals surface area contributed by atoms with Gasteiger partial charge < -0.3 is 9.13 Å². The van der Waals surface area contributed by atoms with E-state index in [1.165, 1.54) is 82.8 Å². The smallest absolute Gasteiger partial charge is 0.166 e. The van der Waals surface area contributed by atoms with E-state index in [-0.39, 0.29) is 5.41 Å². The third kappa shape index (κ3) is 7.94. The van der Waals surface area contributed by atoms with Crippen molar-refractivity contribution >= 4 is 54.9 Å². The van der Waals surface area contributed by atoms with E-state index >= 15 is 0 Å². The Morgan fingerprint density at radius 2 is 0.904 bits per heavy atom. The van der Waals surface area contributed by atoms with Crippen LogP contribution >= 0.6 is 0 Å². The van der Waals surface area contributed by atoms with Crippen molar-refractivity contribution in [1.29, 1.82) is 0 Å². The van der Waals surface area contributed by atoms with Crippen molar-refractivity contribution in [2.45, 2.75) is 44.9 Å². The lowest BCUT2D eigenvalue weighted by Gasteiger charge is -2.25. The van der Waals surface area contributed by atoms with Crippen LogP contribution in [0.5, 0.6) is 0 Å². The molecule has 5 nitrogen and oxygen atoms in total. The predicted molar refractivity (Wildman–Crippen MR) is 346 cm³/mol. The Balaban J connectivity index is 0.948. The van der Waals surface area contributed by atoms with Crippen molar-refractivity contribution in [3.63, 3.8) is 0 Å². The summed E-state index contributed by atoms with van der Waals surface area (Å²) in [5.41, 5.74) is 24.1. The van der Waals surface area contributed by atoms with E-state index in [2.05, 4.69) is 284 Å². The molecule has 0 spiro atoms. The van der Waals surface area contributed by atoms with Crippen LogP contribution in [-0.4, -0.2) is 24.1 Å². The number of benzene rings is 10. The molecule has 0 unspecified atom stereocenters. The average Bonchev–Trinajstić information content (AvgIpc) is 1.87. The monoisotopic (exact) mass is 1060 g/mol. The van der Waals surface area contributed by atoms with E-state index < -0.39 is 0 Å². The lowest BCUT2D eigenvalue weighted by molar-refractivity contribution is 0.607. The van der Waals surface area contributed by atoms with Crippen LogP contribution in [0.25, 0.3) is 139 Å². The molecule has 0 saturated heterocycles. The summed E-state index contributed by atoms with van der Waals surface area (Å²) in [6.45, 7) is 4.75. The minimum Gasteiger partial charge on any atom is -0.310 e. The van der Waals surface area contributed by atoms with Gasteiger partial charge in [0.1, 0.15) is 0 Å². The zero-order valence-corrected chi connectivity index (χ0v) is 46.4. The Morgan fingerprint density at radius 3 is 1.60 bits per heavy atom. The first-order chi connectivity index (χ1) is 40.9. The highest BCUT2D eigenvalue weighted by atomic mass is 15.1. The van der Waals surface area contributed by atoms with Crippen LogP contribution in [0.1, 0.15) is 50.7 Å². The van der Waals surface area contributed by atoms with Gasteiger partial charge in [-0.25, -0.2) is 15.0 Å². The van der Waals surface area contributed by atoms with Gasteiger partial charge in [0.25, 0.3) is 0 Å². The lowest BCUT2D eigenvalue weighted by atomic mass is 9.78. The van der Waals surface area contributed by atoms with E-state index in [4.69, 9.17) is 15.0 Å². The molecule has 10 aromatic carbocycles. The second-order valence-electron chi connectivity index (χ2n) is 22.8. The van der Waals surface area contributed by atoms with Crippen LogP contribution in [0, 0.1) is 0 Å². The standard InChI is InChI=1S/C78H57N5/c1-78(2)65-35-17-15-30-60(65)72-64(34-19-36-66(72)78)77-80-75(54-42-40-53(41-43-54)50-22-7-3-8-23-50)79-76(81-77)63-47-45-56(52-26-11-5-12-27-52)49-71(63)83-67-37-18-16-31-61(67)73-58(33-21-39-69(73)83)59-32-20-38-68-74(59)62-46-44-55(51-24-9-4-10-25-51)48-70(62)82(68)57-28-13-6-14-29-57/h3-5,7-13,15-16,18-34,36-49H,6,14,17,35H2,1-2H3. The number of nitrogens with zero attached hydrogens (tertiary/aromatic N) is 5. The number of hydrogen-bond acceptors (Lipinski definition) is 3. The molecule has 13 aromatic rings. The average molecular weight is 1060 g/mol. The zero-order valence-electron chi connectivity index (χ0n) is 46.4. The second kappa shape index (κ2) is 19.5. The molecule has 3 aliphatic carbocycles. The third-order valence-corrected chi connectivity index (χ3v) is 17.8. The molecule has 3 aliphatic rings. The fourth-order valence-corrected chi connectivity index (χ4v) is 13.8. The van der Waals surface area contributed by atoms with Crippen LogP contribution in [0.2, 0.25) is 0 Å². The summed E-state index contributed by atoms with van der Waals surface area (Å²) in [6, 6.07) is 83.9. The predicted octanol–water partition coefficient (Wildman–Crippen LogP) is 20.3. The maximum atomic E-state index is 5.66. The van der Waals surface area contributed by atoms with Gasteiger partial charge in [-0.1, -0.05) is 238 Å².